The summed E-state index contributed by atoms with van der Waals surface area (Å²) < 4.78 is 0. The third kappa shape index (κ3) is 10.2. The van der Waals surface area contributed by atoms with Crippen molar-refractivity contribution >= 4 is 22.7 Å². The normalized spacial score (nSPS) is 11.4. The van der Waals surface area contributed by atoms with E-state index in [1.807, 2.05) is 12.1 Å². The first-order chi connectivity index (χ1) is 18.0. The van der Waals surface area contributed by atoms with Gasteiger partial charge in [0.2, 0.25) is 0 Å². The molecule has 37 heavy (non-hydrogen) atoms. The minimum absolute atomic E-state index is 0.0615. The first-order valence-electron chi connectivity index (χ1n) is 13.6. The Morgan fingerprint density at radius 1 is 0.649 bits per heavy atom. The van der Waals surface area contributed by atoms with E-state index in [1.165, 1.54) is 37.8 Å². The third-order valence-electron chi connectivity index (χ3n) is 6.37. The van der Waals surface area contributed by atoms with Crippen molar-refractivity contribution in [1.82, 2.24) is 0 Å². The van der Waals surface area contributed by atoms with Gasteiger partial charge in [-0.1, -0.05) is 76.0 Å². The summed E-state index contributed by atoms with van der Waals surface area (Å²) in [5, 5.41) is 26.9. The maximum atomic E-state index is 11.8. The van der Waals surface area contributed by atoms with Crippen molar-refractivity contribution in [3.63, 3.8) is 0 Å². The van der Waals surface area contributed by atoms with Crippen LogP contribution in [0.25, 0.3) is 0 Å². The van der Waals surface area contributed by atoms with E-state index in [9.17, 15) is 20.2 Å². The van der Waals surface area contributed by atoms with Crippen LogP contribution < -0.4 is 5.32 Å². The Morgan fingerprint density at radius 2 is 1.05 bits per heavy atom. The molecular weight excluding hydrogens is 466 g/mol. The van der Waals surface area contributed by atoms with Gasteiger partial charge in [-0.3, -0.25) is 20.2 Å². The molecule has 0 radical (unpaired) electrons. The number of allylic oxidation sites excluding steroid dienone is 4. The predicted octanol–water partition coefficient (Wildman–Crippen LogP) is 9.38. The smallest absolute Gasteiger partial charge is 0.274 e. The molecule has 0 saturated carbocycles. The molecule has 2 aromatic rings. The molecule has 0 amide bonds. The fraction of sp³-hybridized carbons (Fsp3) is 0.467. The standard InChI is InChI=1S/C30H41N3O4/c1-3-5-7-9-11-13-15-19-25-27(21-17-23-29(25)32(34)35)31-28-22-18-24-30(33(36)37)26(28)20-16-14-12-10-8-6-4-2/h11-14,17-18,21-24,31H,3-10,15-16,19-20H2,1-2H3/b13-11+,14-12+. The van der Waals surface area contributed by atoms with E-state index in [2.05, 4.69) is 43.5 Å². The number of nitro benzene ring substituents is 2. The molecular formula is C30H41N3O4. The number of nitrogens with zero attached hydrogens (tertiary/aromatic N) is 2. The van der Waals surface area contributed by atoms with Gasteiger partial charge in [-0.15, -0.1) is 0 Å². The topological polar surface area (TPSA) is 98.3 Å². The van der Waals surface area contributed by atoms with Gasteiger partial charge in [0, 0.05) is 23.5 Å². The predicted molar refractivity (Wildman–Crippen MR) is 153 cm³/mol. The van der Waals surface area contributed by atoms with E-state index >= 15 is 0 Å². The number of nitro groups is 2. The zero-order chi connectivity index (χ0) is 26.9. The number of anilines is 2. The summed E-state index contributed by atoms with van der Waals surface area (Å²) in [6, 6.07) is 9.96. The molecule has 0 aliphatic rings. The highest BCUT2D eigenvalue weighted by molar-refractivity contribution is 5.72. The number of hydrogen-bond acceptors (Lipinski definition) is 5. The largest absolute Gasteiger partial charge is 0.355 e. The van der Waals surface area contributed by atoms with Gasteiger partial charge >= 0.3 is 0 Å². The average molecular weight is 508 g/mol. The lowest BCUT2D eigenvalue weighted by molar-refractivity contribution is -0.385. The van der Waals surface area contributed by atoms with Crippen molar-refractivity contribution in [3.05, 3.63) is 92.1 Å². The van der Waals surface area contributed by atoms with Crippen LogP contribution in [0.5, 0.6) is 0 Å². The molecule has 1 N–H and O–H groups in total. The van der Waals surface area contributed by atoms with Gasteiger partial charge in [0.25, 0.3) is 11.4 Å². The van der Waals surface area contributed by atoms with Crippen LogP contribution >= 0.6 is 0 Å². The quantitative estimate of drug-likeness (QED) is 0.0937. The van der Waals surface area contributed by atoms with Gasteiger partial charge in [0.15, 0.2) is 0 Å². The SMILES string of the molecule is CCCCC/C=C/CCc1c(Nc2cccc([N+](=O)[O-])c2CC/C=C/CCCCC)cccc1[N+](=O)[O-]. The molecule has 0 saturated heterocycles. The third-order valence-corrected chi connectivity index (χ3v) is 6.37. The highest BCUT2D eigenvalue weighted by Crippen LogP contribution is 2.34. The van der Waals surface area contributed by atoms with E-state index in [0.29, 0.717) is 48.2 Å². The number of unbranched alkanes of at least 4 members (excludes halogenated alkanes) is 6. The van der Waals surface area contributed by atoms with E-state index in [4.69, 9.17) is 0 Å². The molecule has 0 unspecified atom stereocenters. The molecule has 0 spiro atoms. The van der Waals surface area contributed by atoms with Crippen LogP contribution in [0.1, 0.15) is 89.2 Å². The Hall–Kier alpha value is -3.48. The Bertz CT molecular complexity index is 979. The summed E-state index contributed by atoms with van der Waals surface area (Å²) in [5.74, 6) is 0. The van der Waals surface area contributed by atoms with Crippen LogP contribution in [-0.4, -0.2) is 9.85 Å². The lowest BCUT2D eigenvalue weighted by Crippen LogP contribution is -2.05. The minimum Gasteiger partial charge on any atom is -0.355 e. The molecule has 200 valence electrons. The van der Waals surface area contributed by atoms with Crippen molar-refractivity contribution in [3.8, 4) is 0 Å². The van der Waals surface area contributed by atoms with Crippen LogP contribution in [-0.2, 0) is 12.8 Å². The lowest BCUT2D eigenvalue weighted by Gasteiger charge is -2.15. The molecule has 0 fully saturated rings. The summed E-state index contributed by atoms with van der Waals surface area (Å²) in [4.78, 5) is 22.8. The summed E-state index contributed by atoms with van der Waals surface area (Å²) >= 11 is 0. The first-order valence-corrected chi connectivity index (χ1v) is 13.6. The van der Waals surface area contributed by atoms with Gasteiger partial charge in [-0.25, -0.2) is 0 Å². The van der Waals surface area contributed by atoms with Gasteiger partial charge in [-0.05, 0) is 63.5 Å². The van der Waals surface area contributed by atoms with E-state index in [0.717, 1.165) is 25.7 Å². The maximum Gasteiger partial charge on any atom is 0.274 e. The summed E-state index contributed by atoms with van der Waals surface area (Å²) in [6.45, 7) is 4.34. The zero-order valence-corrected chi connectivity index (χ0v) is 22.3. The maximum absolute atomic E-state index is 11.8. The highest BCUT2D eigenvalue weighted by Gasteiger charge is 2.20. The average Bonchev–Trinajstić information content (AvgIpc) is 2.88. The van der Waals surface area contributed by atoms with E-state index < -0.39 is 0 Å². The molecule has 0 aliphatic carbocycles. The van der Waals surface area contributed by atoms with E-state index in [-0.39, 0.29) is 21.2 Å². The molecule has 2 rings (SSSR count). The fourth-order valence-electron chi connectivity index (χ4n) is 4.35. The molecule has 7 nitrogen and oxygen atoms in total. The number of hydrogen-bond donors (Lipinski definition) is 1. The number of benzene rings is 2. The molecule has 7 heteroatoms. The second-order valence-corrected chi connectivity index (χ2v) is 9.26. The highest BCUT2D eigenvalue weighted by atomic mass is 16.6. The van der Waals surface area contributed by atoms with Crippen molar-refractivity contribution in [2.45, 2.75) is 90.9 Å². The second-order valence-electron chi connectivity index (χ2n) is 9.26. The Balaban J connectivity index is 2.25. The monoisotopic (exact) mass is 507 g/mol. The second kappa shape index (κ2) is 17.1. The lowest BCUT2D eigenvalue weighted by atomic mass is 10.0. The van der Waals surface area contributed by atoms with Gasteiger partial charge in [0.05, 0.1) is 21.0 Å². The zero-order valence-electron chi connectivity index (χ0n) is 22.3. The molecule has 0 atom stereocenters. The van der Waals surface area contributed by atoms with E-state index in [1.54, 1.807) is 12.1 Å². The minimum atomic E-state index is -0.358. The molecule has 0 aromatic heterocycles. The van der Waals surface area contributed by atoms with Crippen LogP contribution in [0.3, 0.4) is 0 Å². The Morgan fingerprint density at radius 3 is 1.43 bits per heavy atom. The van der Waals surface area contributed by atoms with Gasteiger partial charge in [-0.2, -0.15) is 0 Å². The van der Waals surface area contributed by atoms with Gasteiger partial charge < -0.3 is 5.32 Å². The molecule has 0 heterocycles. The summed E-state index contributed by atoms with van der Waals surface area (Å²) in [5.41, 5.74) is 2.58. The molecule has 0 bridgehead atoms. The fourth-order valence-corrected chi connectivity index (χ4v) is 4.35. The van der Waals surface area contributed by atoms with Crippen LogP contribution in [0, 0.1) is 20.2 Å². The van der Waals surface area contributed by atoms with Crippen LogP contribution in [0.15, 0.2) is 60.7 Å². The Labute approximate surface area is 221 Å². The molecule has 0 aliphatic heterocycles. The van der Waals surface area contributed by atoms with Crippen molar-refractivity contribution in [1.29, 1.82) is 0 Å². The Kier molecular flexibility index (Phi) is 13.7. The number of nitrogens with one attached hydrogen (secondary N) is 1. The molecule has 2 aromatic carbocycles. The first kappa shape index (κ1) is 29.7. The van der Waals surface area contributed by atoms with Crippen LogP contribution in [0.2, 0.25) is 0 Å². The van der Waals surface area contributed by atoms with Crippen LogP contribution in [0.4, 0.5) is 22.7 Å². The van der Waals surface area contributed by atoms with Crippen molar-refractivity contribution < 1.29 is 9.85 Å². The summed E-state index contributed by atoms with van der Waals surface area (Å²) in [6.07, 6.45) is 19.9. The summed E-state index contributed by atoms with van der Waals surface area (Å²) in [7, 11) is 0. The van der Waals surface area contributed by atoms with Crippen molar-refractivity contribution in [2.24, 2.45) is 0 Å². The van der Waals surface area contributed by atoms with Crippen molar-refractivity contribution in [2.75, 3.05) is 5.32 Å². The van der Waals surface area contributed by atoms with Gasteiger partial charge in [0.1, 0.15) is 0 Å². The number of rotatable bonds is 18.